The van der Waals surface area contributed by atoms with Crippen LogP contribution in [-0.4, -0.2) is 12.4 Å². The lowest BCUT2D eigenvalue weighted by Crippen LogP contribution is -2.02. The van der Waals surface area contributed by atoms with Crippen LogP contribution in [0.3, 0.4) is 0 Å². The molecule has 0 saturated carbocycles. The summed E-state index contributed by atoms with van der Waals surface area (Å²) in [4.78, 5) is 11.4. The fourth-order valence-electron chi connectivity index (χ4n) is 1.83. The van der Waals surface area contributed by atoms with E-state index in [1.807, 2.05) is 0 Å². The standard InChI is InChI=1S/C15H14F2N2O2/c1-9(20)13-8-11(4-7-14(13)18)19-10-2-5-12(6-3-10)21-15(16)17/h2-8,15,19H,18H2,1H3. The molecule has 0 atom stereocenters. The SMILES string of the molecule is CC(=O)c1cc(Nc2ccc(OC(F)F)cc2)ccc1N. The van der Waals surface area contributed by atoms with E-state index in [-0.39, 0.29) is 11.5 Å². The van der Waals surface area contributed by atoms with Crippen molar-refractivity contribution in [2.45, 2.75) is 13.5 Å². The first-order valence-corrected chi connectivity index (χ1v) is 6.18. The Hall–Kier alpha value is -2.63. The van der Waals surface area contributed by atoms with Crippen molar-refractivity contribution in [3.8, 4) is 5.75 Å². The van der Waals surface area contributed by atoms with E-state index in [4.69, 9.17) is 5.73 Å². The first-order chi connectivity index (χ1) is 9.95. The van der Waals surface area contributed by atoms with Crippen molar-refractivity contribution < 1.29 is 18.3 Å². The molecule has 2 aromatic rings. The van der Waals surface area contributed by atoms with Crippen LogP contribution < -0.4 is 15.8 Å². The molecule has 0 spiro atoms. The normalized spacial score (nSPS) is 10.5. The predicted octanol–water partition coefficient (Wildman–Crippen LogP) is 3.82. The predicted molar refractivity (Wildman–Crippen MR) is 77.2 cm³/mol. The second kappa shape index (κ2) is 6.21. The zero-order valence-corrected chi connectivity index (χ0v) is 11.3. The molecule has 21 heavy (non-hydrogen) atoms. The summed E-state index contributed by atoms with van der Waals surface area (Å²) in [6.45, 7) is -1.41. The third-order valence-electron chi connectivity index (χ3n) is 2.80. The molecule has 3 N–H and O–H groups in total. The number of ketones is 1. The van der Waals surface area contributed by atoms with Gasteiger partial charge in [-0.2, -0.15) is 8.78 Å². The van der Waals surface area contributed by atoms with E-state index in [0.29, 0.717) is 22.6 Å². The number of rotatable bonds is 5. The number of carbonyl (C=O) groups is 1. The van der Waals surface area contributed by atoms with Gasteiger partial charge in [0, 0.05) is 22.6 Å². The van der Waals surface area contributed by atoms with Crippen molar-refractivity contribution in [3.05, 3.63) is 48.0 Å². The van der Waals surface area contributed by atoms with E-state index >= 15 is 0 Å². The van der Waals surface area contributed by atoms with Gasteiger partial charge in [-0.3, -0.25) is 4.79 Å². The van der Waals surface area contributed by atoms with E-state index in [1.54, 1.807) is 30.3 Å². The number of nitrogens with one attached hydrogen (secondary N) is 1. The van der Waals surface area contributed by atoms with Crippen LogP contribution in [-0.2, 0) is 0 Å². The summed E-state index contributed by atoms with van der Waals surface area (Å²) in [5, 5.41) is 3.06. The Morgan fingerprint density at radius 2 is 1.76 bits per heavy atom. The molecule has 4 nitrogen and oxygen atoms in total. The zero-order chi connectivity index (χ0) is 15.4. The molecule has 0 aliphatic carbocycles. The molecule has 0 aliphatic rings. The Labute approximate surface area is 120 Å². The van der Waals surface area contributed by atoms with Gasteiger partial charge in [0.25, 0.3) is 0 Å². The van der Waals surface area contributed by atoms with Gasteiger partial charge in [-0.05, 0) is 49.4 Å². The number of hydrogen-bond acceptors (Lipinski definition) is 4. The Morgan fingerprint density at radius 3 is 2.33 bits per heavy atom. The quantitative estimate of drug-likeness (QED) is 0.649. The molecular formula is C15H14F2N2O2. The maximum absolute atomic E-state index is 12.0. The van der Waals surface area contributed by atoms with E-state index in [1.165, 1.54) is 19.1 Å². The van der Waals surface area contributed by atoms with Gasteiger partial charge in [0.05, 0.1) is 0 Å². The summed E-state index contributed by atoms with van der Waals surface area (Å²) in [7, 11) is 0. The Bertz CT molecular complexity index is 643. The van der Waals surface area contributed by atoms with Gasteiger partial charge >= 0.3 is 6.61 Å². The largest absolute Gasteiger partial charge is 0.435 e. The maximum atomic E-state index is 12.0. The van der Waals surface area contributed by atoms with Gasteiger partial charge in [0.2, 0.25) is 0 Å². The number of anilines is 3. The van der Waals surface area contributed by atoms with E-state index in [0.717, 1.165) is 0 Å². The number of hydrogen-bond donors (Lipinski definition) is 2. The minimum atomic E-state index is -2.85. The smallest absolute Gasteiger partial charge is 0.387 e. The number of halogens is 2. The summed E-state index contributed by atoms with van der Waals surface area (Å²) in [5.74, 6) is -0.0471. The van der Waals surface area contributed by atoms with E-state index in [9.17, 15) is 13.6 Å². The van der Waals surface area contributed by atoms with Crippen molar-refractivity contribution >= 4 is 22.8 Å². The Kier molecular flexibility index (Phi) is 4.37. The highest BCUT2D eigenvalue weighted by Gasteiger charge is 2.07. The highest BCUT2D eigenvalue weighted by molar-refractivity contribution is 6.00. The molecule has 2 rings (SSSR count). The average molecular weight is 292 g/mol. The van der Waals surface area contributed by atoms with Crippen LogP contribution in [0.2, 0.25) is 0 Å². The maximum Gasteiger partial charge on any atom is 0.387 e. The van der Waals surface area contributed by atoms with Gasteiger partial charge in [-0.15, -0.1) is 0 Å². The van der Waals surface area contributed by atoms with Crippen LogP contribution in [0.25, 0.3) is 0 Å². The molecule has 0 saturated heterocycles. The number of carbonyl (C=O) groups excluding carboxylic acids is 1. The van der Waals surface area contributed by atoms with Gasteiger partial charge in [0.15, 0.2) is 5.78 Å². The summed E-state index contributed by atoms with van der Waals surface area (Å²) in [6, 6.07) is 11.1. The summed E-state index contributed by atoms with van der Waals surface area (Å²) in [5.41, 5.74) is 7.91. The highest BCUT2D eigenvalue weighted by atomic mass is 19.3. The number of nitrogen functional groups attached to an aromatic ring is 1. The second-order valence-electron chi connectivity index (χ2n) is 4.39. The highest BCUT2D eigenvalue weighted by Crippen LogP contribution is 2.24. The molecule has 0 amide bonds. The second-order valence-corrected chi connectivity index (χ2v) is 4.39. The number of benzene rings is 2. The van der Waals surface area contributed by atoms with Gasteiger partial charge in [0.1, 0.15) is 5.75 Å². The van der Waals surface area contributed by atoms with Crippen molar-refractivity contribution in [1.29, 1.82) is 0 Å². The zero-order valence-electron chi connectivity index (χ0n) is 11.3. The van der Waals surface area contributed by atoms with Crippen LogP contribution in [0.5, 0.6) is 5.75 Å². The third kappa shape index (κ3) is 3.92. The number of ether oxygens (including phenoxy) is 1. The van der Waals surface area contributed by atoms with Crippen molar-refractivity contribution in [1.82, 2.24) is 0 Å². The lowest BCUT2D eigenvalue weighted by molar-refractivity contribution is -0.0498. The summed E-state index contributed by atoms with van der Waals surface area (Å²) in [6.07, 6.45) is 0. The third-order valence-corrected chi connectivity index (χ3v) is 2.80. The van der Waals surface area contributed by atoms with Crippen LogP contribution in [0.1, 0.15) is 17.3 Å². The molecule has 2 aromatic carbocycles. The van der Waals surface area contributed by atoms with E-state index < -0.39 is 6.61 Å². The lowest BCUT2D eigenvalue weighted by atomic mass is 10.1. The molecule has 6 heteroatoms. The number of alkyl halides is 2. The molecule has 0 fully saturated rings. The topological polar surface area (TPSA) is 64.3 Å². The van der Waals surface area contributed by atoms with Gasteiger partial charge < -0.3 is 15.8 Å². The molecule has 0 unspecified atom stereocenters. The van der Waals surface area contributed by atoms with Crippen molar-refractivity contribution in [3.63, 3.8) is 0 Å². The monoisotopic (exact) mass is 292 g/mol. The first-order valence-electron chi connectivity index (χ1n) is 6.18. The molecule has 0 aromatic heterocycles. The Balaban J connectivity index is 2.14. The fraction of sp³-hybridized carbons (Fsp3) is 0.133. The Morgan fingerprint density at radius 1 is 1.14 bits per heavy atom. The molecule has 110 valence electrons. The van der Waals surface area contributed by atoms with Crippen LogP contribution in [0.4, 0.5) is 25.8 Å². The lowest BCUT2D eigenvalue weighted by Gasteiger charge is -2.10. The molecule has 0 aliphatic heterocycles. The number of nitrogens with two attached hydrogens (primary N) is 1. The van der Waals surface area contributed by atoms with Crippen molar-refractivity contribution in [2.24, 2.45) is 0 Å². The summed E-state index contributed by atoms with van der Waals surface area (Å²) < 4.78 is 28.4. The molecule has 0 radical (unpaired) electrons. The van der Waals surface area contributed by atoms with Crippen LogP contribution >= 0.6 is 0 Å². The molecule has 0 bridgehead atoms. The minimum absolute atomic E-state index is 0.0808. The first kappa shape index (κ1) is 14.8. The fourth-order valence-corrected chi connectivity index (χ4v) is 1.83. The number of Topliss-reactive ketones (excluding diaryl/α,β-unsaturated/α-hetero) is 1. The van der Waals surface area contributed by atoms with Crippen LogP contribution in [0, 0.1) is 0 Å². The average Bonchev–Trinajstić information content (AvgIpc) is 2.42. The molecular weight excluding hydrogens is 278 g/mol. The van der Waals surface area contributed by atoms with E-state index in [2.05, 4.69) is 10.1 Å². The van der Waals surface area contributed by atoms with Gasteiger partial charge in [-0.25, -0.2) is 0 Å². The summed E-state index contributed by atoms with van der Waals surface area (Å²) >= 11 is 0. The molecule has 0 heterocycles. The van der Waals surface area contributed by atoms with Gasteiger partial charge in [-0.1, -0.05) is 0 Å². The van der Waals surface area contributed by atoms with Crippen LogP contribution in [0.15, 0.2) is 42.5 Å². The minimum Gasteiger partial charge on any atom is -0.435 e. The van der Waals surface area contributed by atoms with Crippen molar-refractivity contribution in [2.75, 3.05) is 11.1 Å².